The molecule has 3 nitrogen and oxygen atoms in total. The van der Waals surface area contributed by atoms with E-state index in [1.54, 1.807) is 0 Å². The summed E-state index contributed by atoms with van der Waals surface area (Å²) in [5.74, 6) is 0. The number of aryl methyl sites for hydroxylation is 1. The standard InChI is InChI=1S/C15H24N2O/c1-4-11(2)16-10-13-9-12-7-5-6-8-14(12)17(3)15(13)18/h9,11,16H,4-8,10H2,1-3H3. The van der Waals surface area contributed by atoms with Gasteiger partial charge in [-0.3, -0.25) is 4.79 Å². The Kier molecular flexibility index (Phi) is 4.23. The maximum absolute atomic E-state index is 12.3. The van der Waals surface area contributed by atoms with Gasteiger partial charge in [0.2, 0.25) is 0 Å². The van der Waals surface area contributed by atoms with Gasteiger partial charge < -0.3 is 9.88 Å². The van der Waals surface area contributed by atoms with Crippen LogP contribution in [0.1, 0.15) is 49.9 Å². The third-order valence-corrected chi connectivity index (χ3v) is 4.07. The lowest BCUT2D eigenvalue weighted by Crippen LogP contribution is -2.32. The van der Waals surface area contributed by atoms with Gasteiger partial charge in [0.05, 0.1) is 0 Å². The van der Waals surface area contributed by atoms with Crippen molar-refractivity contribution >= 4 is 0 Å². The zero-order valence-electron chi connectivity index (χ0n) is 11.8. The second kappa shape index (κ2) is 5.70. The Hall–Kier alpha value is -1.09. The van der Waals surface area contributed by atoms with Crippen LogP contribution in [0.4, 0.5) is 0 Å². The van der Waals surface area contributed by atoms with Crippen LogP contribution in [0.3, 0.4) is 0 Å². The summed E-state index contributed by atoms with van der Waals surface area (Å²) in [6, 6.07) is 2.59. The van der Waals surface area contributed by atoms with E-state index < -0.39 is 0 Å². The van der Waals surface area contributed by atoms with E-state index in [1.165, 1.54) is 24.1 Å². The summed E-state index contributed by atoms with van der Waals surface area (Å²) in [5, 5.41) is 3.41. The van der Waals surface area contributed by atoms with Crippen molar-refractivity contribution in [2.24, 2.45) is 7.05 Å². The molecule has 0 fully saturated rings. The Labute approximate surface area is 109 Å². The quantitative estimate of drug-likeness (QED) is 0.886. The highest BCUT2D eigenvalue weighted by molar-refractivity contribution is 5.28. The molecular weight excluding hydrogens is 224 g/mol. The predicted molar refractivity (Wildman–Crippen MR) is 74.9 cm³/mol. The molecule has 0 saturated carbocycles. The number of nitrogens with zero attached hydrogens (tertiary/aromatic N) is 1. The summed E-state index contributed by atoms with van der Waals surface area (Å²) in [7, 11) is 1.92. The van der Waals surface area contributed by atoms with E-state index in [9.17, 15) is 4.79 Å². The molecule has 0 radical (unpaired) electrons. The van der Waals surface area contributed by atoms with E-state index in [1.807, 2.05) is 11.6 Å². The molecule has 100 valence electrons. The lowest BCUT2D eigenvalue weighted by Gasteiger charge is -2.21. The Balaban J connectivity index is 2.26. The Bertz CT molecular complexity index is 476. The highest BCUT2D eigenvalue weighted by atomic mass is 16.1. The van der Waals surface area contributed by atoms with E-state index in [4.69, 9.17) is 0 Å². The van der Waals surface area contributed by atoms with Crippen molar-refractivity contribution in [2.45, 2.75) is 58.5 Å². The van der Waals surface area contributed by atoms with Crippen LogP contribution in [0, 0.1) is 0 Å². The van der Waals surface area contributed by atoms with Gasteiger partial charge in [0.15, 0.2) is 0 Å². The number of aromatic nitrogens is 1. The molecule has 18 heavy (non-hydrogen) atoms. The second-order valence-corrected chi connectivity index (χ2v) is 5.40. The molecule has 0 spiro atoms. The second-order valence-electron chi connectivity index (χ2n) is 5.40. The monoisotopic (exact) mass is 248 g/mol. The zero-order chi connectivity index (χ0) is 13.1. The van der Waals surface area contributed by atoms with E-state index in [2.05, 4.69) is 25.2 Å². The normalized spacial score (nSPS) is 16.4. The minimum Gasteiger partial charge on any atom is -0.315 e. The van der Waals surface area contributed by atoms with Crippen LogP contribution in [0.5, 0.6) is 0 Å². The van der Waals surface area contributed by atoms with Crippen molar-refractivity contribution in [1.29, 1.82) is 0 Å². The van der Waals surface area contributed by atoms with Gasteiger partial charge in [-0.05, 0) is 50.7 Å². The molecule has 0 aromatic carbocycles. The fourth-order valence-electron chi connectivity index (χ4n) is 2.62. The molecule has 1 unspecified atom stereocenters. The summed E-state index contributed by atoms with van der Waals surface area (Å²) in [6.45, 7) is 5.00. The average Bonchev–Trinajstić information content (AvgIpc) is 2.41. The van der Waals surface area contributed by atoms with Crippen molar-refractivity contribution in [3.63, 3.8) is 0 Å². The molecule has 0 amide bonds. The predicted octanol–water partition coefficient (Wildman–Crippen LogP) is 2.15. The Morgan fingerprint density at radius 1 is 1.39 bits per heavy atom. The lowest BCUT2D eigenvalue weighted by atomic mass is 9.94. The lowest BCUT2D eigenvalue weighted by molar-refractivity contribution is 0.527. The van der Waals surface area contributed by atoms with Crippen molar-refractivity contribution in [3.8, 4) is 0 Å². The molecule has 0 aliphatic heterocycles. The Morgan fingerprint density at radius 3 is 2.83 bits per heavy atom. The van der Waals surface area contributed by atoms with Gasteiger partial charge in [0.25, 0.3) is 5.56 Å². The first kappa shape index (κ1) is 13.3. The maximum atomic E-state index is 12.3. The van der Waals surface area contributed by atoms with Gasteiger partial charge in [-0.1, -0.05) is 6.92 Å². The topological polar surface area (TPSA) is 34.0 Å². The van der Waals surface area contributed by atoms with Gasteiger partial charge in [0, 0.05) is 30.9 Å². The van der Waals surface area contributed by atoms with Crippen molar-refractivity contribution in [1.82, 2.24) is 9.88 Å². The number of hydrogen-bond acceptors (Lipinski definition) is 2. The largest absolute Gasteiger partial charge is 0.315 e. The number of fused-ring (bicyclic) bond motifs is 1. The summed E-state index contributed by atoms with van der Waals surface area (Å²) in [5.41, 5.74) is 3.72. The average molecular weight is 248 g/mol. The fraction of sp³-hybridized carbons (Fsp3) is 0.667. The van der Waals surface area contributed by atoms with Crippen LogP contribution in [0.2, 0.25) is 0 Å². The molecule has 1 atom stereocenters. The van der Waals surface area contributed by atoms with Gasteiger partial charge in [0.1, 0.15) is 0 Å². The van der Waals surface area contributed by atoms with Crippen LogP contribution in [0.25, 0.3) is 0 Å². The van der Waals surface area contributed by atoms with E-state index in [-0.39, 0.29) is 5.56 Å². The first-order valence-electron chi connectivity index (χ1n) is 7.07. The molecule has 2 rings (SSSR count). The van der Waals surface area contributed by atoms with Crippen LogP contribution < -0.4 is 10.9 Å². The highest BCUT2D eigenvalue weighted by Crippen LogP contribution is 2.20. The summed E-state index contributed by atoms with van der Waals surface area (Å²) >= 11 is 0. The zero-order valence-corrected chi connectivity index (χ0v) is 11.8. The van der Waals surface area contributed by atoms with Crippen LogP contribution in [0.15, 0.2) is 10.9 Å². The number of pyridine rings is 1. The third-order valence-electron chi connectivity index (χ3n) is 4.07. The molecule has 1 aromatic rings. The molecular formula is C15H24N2O. The third kappa shape index (κ3) is 2.66. The van der Waals surface area contributed by atoms with Crippen LogP contribution in [-0.2, 0) is 26.4 Å². The number of rotatable bonds is 4. The SMILES string of the molecule is CCC(C)NCc1cc2c(n(C)c1=O)CCCC2. The first-order valence-corrected chi connectivity index (χ1v) is 7.07. The van der Waals surface area contributed by atoms with Crippen molar-refractivity contribution in [3.05, 3.63) is 33.2 Å². The van der Waals surface area contributed by atoms with Gasteiger partial charge in [-0.25, -0.2) is 0 Å². The molecule has 1 N–H and O–H groups in total. The molecule has 1 aliphatic rings. The summed E-state index contributed by atoms with van der Waals surface area (Å²) in [4.78, 5) is 12.3. The molecule has 0 bridgehead atoms. The maximum Gasteiger partial charge on any atom is 0.255 e. The first-order chi connectivity index (χ1) is 8.63. The van der Waals surface area contributed by atoms with E-state index >= 15 is 0 Å². The minimum atomic E-state index is 0.173. The Morgan fingerprint density at radius 2 is 2.11 bits per heavy atom. The number of nitrogens with one attached hydrogen (secondary N) is 1. The highest BCUT2D eigenvalue weighted by Gasteiger charge is 2.15. The van der Waals surface area contributed by atoms with Gasteiger partial charge in [-0.2, -0.15) is 0 Å². The summed E-state index contributed by atoms with van der Waals surface area (Å²) in [6.07, 6.45) is 5.74. The summed E-state index contributed by atoms with van der Waals surface area (Å²) < 4.78 is 1.86. The van der Waals surface area contributed by atoms with E-state index in [0.717, 1.165) is 24.8 Å². The van der Waals surface area contributed by atoms with E-state index in [0.29, 0.717) is 12.6 Å². The molecule has 1 aliphatic carbocycles. The van der Waals surface area contributed by atoms with Gasteiger partial charge in [-0.15, -0.1) is 0 Å². The molecule has 0 saturated heterocycles. The van der Waals surface area contributed by atoms with Gasteiger partial charge >= 0.3 is 0 Å². The molecule has 1 aromatic heterocycles. The van der Waals surface area contributed by atoms with Crippen LogP contribution in [-0.4, -0.2) is 10.6 Å². The fourth-order valence-corrected chi connectivity index (χ4v) is 2.62. The molecule has 3 heteroatoms. The smallest absolute Gasteiger partial charge is 0.255 e. The van der Waals surface area contributed by atoms with Crippen molar-refractivity contribution in [2.75, 3.05) is 0 Å². The minimum absolute atomic E-state index is 0.173. The molecule has 1 heterocycles. The van der Waals surface area contributed by atoms with Crippen LogP contribution >= 0.6 is 0 Å². The number of hydrogen-bond donors (Lipinski definition) is 1. The van der Waals surface area contributed by atoms with Crippen molar-refractivity contribution < 1.29 is 0 Å².